The number of nitriles is 1. The molecule has 0 aromatic heterocycles. The van der Waals surface area contributed by atoms with Crippen molar-refractivity contribution in [2.45, 2.75) is 88.9 Å². The Morgan fingerprint density at radius 1 is 1.00 bits per heavy atom. The van der Waals surface area contributed by atoms with Gasteiger partial charge < -0.3 is 27.2 Å². The number of aromatic hydroxyl groups is 1. The number of fused-ring (bicyclic) bond motifs is 3. The Morgan fingerprint density at radius 3 is 2.06 bits per heavy atom. The normalized spacial score (nSPS) is 29.8. The van der Waals surface area contributed by atoms with Crippen molar-refractivity contribution in [1.82, 2.24) is 9.80 Å². The molecular weight excluding hydrogens is 614 g/mol. The standard InChI is InChI=1S/C35H51N7O6/c1-7-9-11-13-42(14-12-10-8-2)17-20-15-22(40(3)4)21-16-33(38)18-35(39)29(41(5)6)28(45)24(32(37)48)30(46)34(35,19-36)31(47)25(33)27(44)23(21)26(20)43/h15,24-25,29,43H,7-14,16-18,38-39H2,1-6H3,(H2,37,48)/t24?,25?,29-,33-,34+,35-/m1/s1. The molecule has 0 spiro atoms. The molecule has 1 aromatic rings. The van der Waals surface area contributed by atoms with Gasteiger partial charge in [0.05, 0.1) is 23.2 Å². The van der Waals surface area contributed by atoms with Crippen molar-refractivity contribution in [3.05, 3.63) is 22.8 Å². The molecule has 0 bridgehead atoms. The average Bonchev–Trinajstić information content (AvgIpc) is 2.97. The van der Waals surface area contributed by atoms with Crippen LogP contribution in [0.3, 0.4) is 0 Å². The summed E-state index contributed by atoms with van der Waals surface area (Å²) in [4.78, 5) is 74.9. The zero-order chi connectivity index (χ0) is 35.9. The highest BCUT2D eigenvalue weighted by molar-refractivity contribution is 6.33. The van der Waals surface area contributed by atoms with Crippen molar-refractivity contribution < 1.29 is 29.1 Å². The summed E-state index contributed by atoms with van der Waals surface area (Å²) >= 11 is 0. The van der Waals surface area contributed by atoms with Gasteiger partial charge in [0.25, 0.3) is 0 Å². The Hall–Kier alpha value is -3.70. The molecule has 0 aliphatic heterocycles. The topological polar surface area (TPSA) is 217 Å². The van der Waals surface area contributed by atoms with Gasteiger partial charge in [-0.05, 0) is 64.5 Å². The maximum Gasteiger partial charge on any atom is 0.235 e. The molecule has 13 nitrogen and oxygen atoms in total. The monoisotopic (exact) mass is 665 g/mol. The second-order valence-corrected chi connectivity index (χ2v) is 14.5. The molecule has 2 saturated carbocycles. The van der Waals surface area contributed by atoms with Gasteiger partial charge in [-0.15, -0.1) is 0 Å². The zero-order valence-corrected chi connectivity index (χ0v) is 29.1. The van der Waals surface area contributed by atoms with Crippen LogP contribution in [0.25, 0.3) is 0 Å². The van der Waals surface area contributed by atoms with Gasteiger partial charge in [0.1, 0.15) is 11.7 Å². The fourth-order valence-electron chi connectivity index (χ4n) is 8.51. The van der Waals surface area contributed by atoms with Crippen molar-refractivity contribution in [2.24, 2.45) is 34.5 Å². The molecule has 2 fully saturated rings. The summed E-state index contributed by atoms with van der Waals surface area (Å²) < 4.78 is 0. The van der Waals surface area contributed by atoms with Crippen molar-refractivity contribution in [2.75, 3.05) is 46.2 Å². The summed E-state index contributed by atoms with van der Waals surface area (Å²) in [6.45, 7) is 6.25. The lowest BCUT2D eigenvalue weighted by molar-refractivity contribution is -0.166. The van der Waals surface area contributed by atoms with Gasteiger partial charge in [0, 0.05) is 37.4 Å². The van der Waals surface area contributed by atoms with Gasteiger partial charge in [-0.1, -0.05) is 39.5 Å². The molecule has 0 radical (unpaired) electrons. The SMILES string of the molecule is CCCCCN(CCCCC)Cc1cc(N(C)C)c2c(c1O)C(=O)C1C(=O)[C@]3(C#N)C(=O)C(C(N)=O)C(=O)[C@@H](N(C)C)[C@]3(N)C[C@]1(N)C2. The number of carbonyl (C=O) groups is 5. The minimum Gasteiger partial charge on any atom is -0.507 e. The third kappa shape index (κ3) is 5.62. The Kier molecular flexibility index (Phi) is 10.6. The van der Waals surface area contributed by atoms with Crippen LogP contribution in [-0.4, -0.2) is 102 Å². The fourth-order valence-corrected chi connectivity index (χ4v) is 8.51. The Morgan fingerprint density at radius 2 is 1.58 bits per heavy atom. The summed E-state index contributed by atoms with van der Waals surface area (Å²) in [6, 6.07) is 2.15. The zero-order valence-electron chi connectivity index (χ0n) is 29.1. The number of amides is 1. The van der Waals surface area contributed by atoms with E-state index in [1.165, 1.54) is 19.0 Å². The van der Waals surface area contributed by atoms with Crippen molar-refractivity contribution in [1.29, 1.82) is 5.26 Å². The molecule has 1 amide bonds. The van der Waals surface area contributed by atoms with Crippen molar-refractivity contribution >= 4 is 34.7 Å². The number of likely N-dealkylation sites (N-methyl/N-ethyl adjacent to an activating group) is 1. The van der Waals surface area contributed by atoms with Crippen molar-refractivity contribution in [3.63, 3.8) is 0 Å². The van der Waals surface area contributed by atoms with E-state index in [2.05, 4.69) is 18.7 Å². The van der Waals surface area contributed by atoms with E-state index in [9.17, 15) is 34.3 Å². The van der Waals surface area contributed by atoms with E-state index in [4.69, 9.17) is 17.2 Å². The van der Waals surface area contributed by atoms with Crippen LogP contribution in [0.4, 0.5) is 5.69 Å². The first-order valence-electron chi connectivity index (χ1n) is 16.9. The van der Waals surface area contributed by atoms with Crippen LogP contribution in [0.2, 0.25) is 0 Å². The predicted octanol–water partition coefficient (Wildman–Crippen LogP) is 1.06. The number of hydrogen-bond acceptors (Lipinski definition) is 12. The molecular formula is C35H51N7O6. The Balaban J connectivity index is 1.91. The number of unbranched alkanes of at least 4 members (excludes halogenated alkanes) is 4. The Bertz CT molecular complexity index is 1540. The largest absolute Gasteiger partial charge is 0.507 e. The van der Waals surface area contributed by atoms with Crippen LogP contribution in [0.1, 0.15) is 80.3 Å². The minimum absolute atomic E-state index is 0.0785. The number of carbonyl (C=O) groups excluding carboxylic acids is 5. The molecule has 2 unspecified atom stereocenters. The first-order chi connectivity index (χ1) is 22.5. The smallest absolute Gasteiger partial charge is 0.235 e. The summed E-state index contributed by atoms with van der Waals surface area (Å²) in [6.07, 6.45) is 5.64. The Labute approximate surface area is 282 Å². The summed E-state index contributed by atoms with van der Waals surface area (Å²) in [5.41, 5.74) is 14.2. The van der Waals surface area contributed by atoms with Gasteiger partial charge in [-0.2, -0.15) is 5.26 Å². The van der Waals surface area contributed by atoms with Crippen molar-refractivity contribution in [3.8, 4) is 11.8 Å². The van der Waals surface area contributed by atoms with E-state index < -0.39 is 69.8 Å². The molecule has 262 valence electrons. The van der Waals surface area contributed by atoms with Gasteiger partial charge in [0.2, 0.25) is 5.91 Å². The van der Waals surface area contributed by atoms with E-state index in [1.807, 2.05) is 11.0 Å². The average molecular weight is 666 g/mol. The van der Waals surface area contributed by atoms with Gasteiger partial charge in [-0.25, -0.2) is 0 Å². The highest BCUT2D eigenvalue weighted by Gasteiger charge is 2.78. The van der Waals surface area contributed by atoms with Crippen LogP contribution in [0.15, 0.2) is 6.07 Å². The van der Waals surface area contributed by atoms with Gasteiger partial charge in [0.15, 0.2) is 34.5 Å². The molecule has 3 aliphatic rings. The number of phenols is 1. The number of benzene rings is 1. The number of Topliss-reactive ketones (excluding diaryl/α,β-unsaturated/α-hetero) is 4. The van der Waals surface area contributed by atoms with Crippen LogP contribution < -0.4 is 22.1 Å². The maximum atomic E-state index is 14.7. The number of phenolic OH excluding ortho intramolecular Hbond substituents is 1. The molecule has 48 heavy (non-hydrogen) atoms. The van der Waals surface area contributed by atoms with Crippen LogP contribution in [-0.2, 0) is 32.1 Å². The quantitative estimate of drug-likeness (QED) is 0.172. The molecule has 0 heterocycles. The molecule has 1 aromatic carbocycles. The highest BCUT2D eigenvalue weighted by atomic mass is 16.3. The van der Waals surface area contributed by atoms with Gasteiger partial charge >= 0.3 is 0 Å². The summed E-state index contributed by atoms with van der Waals surface area (Å²) in [5.74, 6) is -9.72. The predicted molar refractivity (Wildman–Crippen MR) is 180 cm³/mol. The number of nitrogens with two attached hydrogens (primary N) is 3. The lowest BCUT2D eigenvalue weighted by atomic mass is 9.42. The molecule has 13 heteroatoms. The number of rotatable bonds is 13. The highest BCUT2D eigenvalue weighted by Crippen LogP contribution is 2.57. The molecule has 3 aliphatic carbocycles. The number of primary amides is 1. The first-order valence-corrected chi connectivity index (χ1v) is 16.9. The summed E-state index contributed by atoms with van der Waals surface area (Å²) in [5, 5.41) is 22.4. The van der Waals surface area contributed by atoms with E-state index in [0.717, 1.165) is 51.6 Å². The van der Waals surface area contributed by atoms with Crippen LogP contribution in [0.5, 0.6) is 5.75 Å². The van der Waals surface area contributed by atoms with Crippen LogP contribution in [0, 0.1) is 28.6 Å². The number of anilines is 1. The third-order valence-corrected chi connectivity index (χ3v) is 10.7. The third-order valence-electron chi connectivity index (χ3n) is 10.7. The molecule has 4 rings (SSSR count). The lowest BCUT2D eigenvalue weighted by Gasteiger charge is -2.60. The lowest BCUT2D eigenvalue weighted by Crippen LogP contribution is -2.85. The molecule has 6 atom stereocenters. The molecule has 7 N–H and O–H groups in total. The van der Waals surface area contributed by atoms with Crippen LogP contribution >= 0.6 is 0 Å². The maximum absolute atomic E-state index is 14.7. The first kappa shape index (κ1) is 37.1. The minimum atomic E-state index is -2.77. The molecule has 0 saturated heterocycles. The van der Waals surface area contributed by atoms with E-state index in [0.29, 0.717) is 23.4 Å². The van der Waals surface area contributed by atoms with E-state index in [1.54, 1.807) is 20.2 Å². The number of nitrogens with zero attached hydrogens (tertiary/aromatic N) is 4. The summed E-state index contributed by atoms with van der Waals surface area (Å²) in [7, 11) is 6.56. The second-order valence-electron chi connectivity index (χ2n) is 14.5. The van der Waals surface area contributed by atoms with E-state index in [-0.39, 0.29) is 17.7 Å². The van der Waals surface area contributed by atoms with E-state index >= 15 is 0 Å². The second kappa shape index (κ2) is 13.7. The fraction of sp³-hybridized carbons (Fsp3) is 0.657. The number of ketones is 4. The van der Waals surface area contributed by atoms with Gasteiger partial charge in [-0.3, -0.25) is 33.8 Å². The number of hydrogen-bond donors (Lipinski definition) is 4.